The van der Waals surface area contributed by atoms with Gasteiger partial charge >= 0.3 is 5.97 Å². The standard InChI is InChI=1S/C21H27N3O4/c1-21(2,3)18(20(28)22-4)23-19(27)16(12-17(25)26)24-11-10-15(13-24)14-8-6-5-7-9-14/h5-11,13,16,18H,12H2,1-4H3,(H,22,28)(H,23,27)(H,25,26)/t16-,18?/m1/s1. The third kappa shape index (κ3) is 5.22. The van der Waals surface area contributed by atoms with Gasteiger partial charge in [0.25, 0.3) is 0 Å². The van der Waals surface area contributed by atoms with Crippen molar-refractivity contribution in [2.24, 2.45) is 5.41 Å². The molecule has 0 saturated carbocycles. The molecule has 0 bridgehead atoms. The lowest BCUT2D eigenvalue weighted by atomic mass is 9.86. The van der Waals surface area contributed by atoms with Crippen molar-refractivity contribution in [1.82, 2.24) is 15.2 Å². The van der Waals surface area contributed by atoms with Crippen LogP contribution in [0.25, 0.3) is 11.1 Å². The molecule has 1 aromatic carbocycles. The van der Waals surface area contributed by atoms with Gasteiger partial charge in [0.05, 0.1) is 6.42 Å². The first-order valence-corrected chi connectivity index (χ1v) is 9.10. The average Bonchev–Trinajstić information content (AvgIpc) is 3.12. The maximum atomic E-state index is 12.9. The summed E-state index contributed by atoms with van der Waals surface area (Å²) in [5.74, 6) is -1.93. The van der Waals surface area contributed by atoms with E-state index in [2.05, 4.69) is 10.6 Å². The first-order chi connectivity index (χ1) is 13.1. The summed E-state index contributed by atoms with van der Waals surface area (Å²) in [6, 6.07) is 9.68. The van der Waals surface area contributed by atoms with E-state index in [4.69, 9.17) is 0 Å². The van der Waals surface area contributed by atoms with Crippen LogP contribution in [0.5, 0.6) is 0 Å². The quantitative estimate of drug-likeness (QED) is 0.681. The fourth-order valence-corrected chi connectivity index (χ4v) is 2.97. The molecule has 3 N–H and O–H groups in total. The average molecular weight is 385 g/mol. The van der Waals surface area contributed by atoms with Gasteiger partial charge in [-0.2, -0.15) is 0 Å². The highest BCUT2D eigenvalue weighted by atomic mass is 16.4. The van der Waals surface area contributed by atoms with Crippen molar-refractivity contribution < 1.29 is 19.5 Å². The van der Waals surface area contributed by atoms with Gasteiger partial charge in [-0.25, -0.2) is 0 Å². The summed E-state index contributed by atoms with van der Waals surface area (Å²) in [6.45, 7) is 5.51. The Morgan fingerprint density at radius 1 is 1.04 bits per heavy atom. The normalized spacial score (nSPS) is 13.4. The Bertz CT molecular complexity index is 837. The van der Waals surface area contributed by atoms with E-state index >= 15 is 0 Å². The number of rotatable bonds is 7. The first kappa shape index (κ1) is 21.2. The van der Waals surface area contributed by atoms with E-state index in [1.807, 2.05) is 57.2 Å². The predicted molar refractivity (Wildman–Crippen MR) is 107 cm³/mol. The number of benzene rings is 1. The van der Waals surface area contributed by atoms with Crippen molar-refractivity contribution in [2.75, 3.05) is 7.05 Å². The number of carbonyl (C=O) groups is 3. The maximum absolute atomic E-state index is 12.9. The molecule has 1 aromatic heterocycles. The summed E-state index contributed by atoms with van der Waals surface area (Å²) in [6.07, 6.45) is 3.04. The van der Waals surface area contributed by atoms with Crippen molar-refractivity contribution in [3.63, 3.8) is 0 Å². The Kier molecular flexibility index (Phi) is 6.62. The lowest BCUT2D eigenvalue weighted by Crippen LogP contribution is -2.54. The number of carboxylic acids is 1. The molecule has 7 heteroatoms. The Morgan fingerprint density at radius 3 is 2.21 bits per heavy atom. The van der Waals surface area contributed by atoms with E-state index in [-0.39, 0.29) is 12.3 Å². The Balaban J connectivity index is 2.30. The van der Waals surface area contributed by atoms with Gasteiger partial charge in [0.1, 0.15) is 12.1 Å². The molecular weight excluding hydrogens is 358 g/mol. The smallest absolute Gasteiger partial charge is 0.306 e. The highest BCUT2D eigenvalue weighted by molar-refractivity contribution is 5.91. The molecule has 0 radical (unpaired) electrons. The van der Waals surface area contributed by atoms with Gasteiger partial charge in [0.2, 0.25) is 11.8 Å². The number of carboxylic acid groups (broad SMARTS) is 1. The van der Waals surface area contributed by atoms with E-state index in [0.717, 1.165) is 11.1 Å². The SMILES string of the molecule is CNC(=O)C(NC(=O)[C@@H](CC(=O)O)n1ccc(-c2ccccc2)c1)C(C)(C)C. The molecule has 7 nitrogen and oxygen atoms in total. The molecule has 0 fully saturated rings. The number of hydrogen-bond acceptors (Lipinski definition) is 3. The van der Waals surface area contributed by atoms with Gasteiger partial charge in [-0.15, -0.1) is 0 Å². The number of nitrogens with zero attached hydrogens (tertiary/aromatic N) is 1. The Morgan fingerprint density at radius 2 is 1.68 bits per heavy atom. The fraction of sp³-hybridized carbons (Fsp3) is 0.381. The first-order valence-electron chi connectivity index (χ1n) is 9.10. The number of carbonyl (C=O) groups excluding carboxylic acids is 2. The van der Waals surface area contributed by atoms with E-state index in [9.17, 15) is 19.5 Å². The summed E-state index contributed by atoms with van der Waals surface area (Å²) in [5, 5.41) is 14.6. The van der Waals surface area contributed by atoms with Crippen molar-refractivity contribution in [3.8, 4) is 11.1 Å². The third-order valence-corrected chi connectivity index (χ3v) is 4.51. The molecule has 0 spiro atoms. The second kappa shape index (κ2) is 8.73. The number of aromatic nitrogens is 1. The van der Waals surface area contributed by atoms with Crippen LogP contribution in [0, 0.1) is 5.41 Å². The monoisotopic (exact) mass is 385 g/mol. The van der Waals surface area contributed by atoms with Gasteiger partial charge < -0.3 is 20.3 Å². The second-order valence-corrected chi connectivity index (χ2v) is 7.75. The molecule has 150 valence electrons. The molecule has 0 saturated heterocycles. The predicted octanol–water partition coefficient (Wildman–Crippen LogP) is 2.45. The third-order valence-electron chi connectivity index (χ3n) is 4.51. The Labute approximate surface area is 164 Å². The summed E-state index contributed by atoms with van der Waals surface area (Å²) < 4.78 is 1.58. The molecule has 2 amide bonds. The summed E-state index contributed by atoms with van der Waals surface area (Å²) in [7, 11) is 1.50. The van der Waals surface area contributed by atoms with Crippen molar-refractivity contribution >= 4 is 17.8 Å². The number of likely N-dealkylation sites (N-methyl/N-ethyl adjacent to an activating group) is 1. The summed E-state index contributed by atoms with van der Waals surface area (Å²) >= 11 is 0. The second-order valence-electron chi connectivity index (χ2n) is 7.75. The molecule has 0 aliphatic carbocycles. The van der Waals surface area contributed by atoms with Gasteiger partial charge in [-0.1, -0.05) is 51.1 Å². The molecule has 2 atom stereocenters. The summed E-state index contributed by atoms with van der Waals surface area (Å²) in [5.41, 5.74) is 1.31. The molecule has 2 rings (SSSR count). The zero-order chi connectivity index (χ0) is 20.9. The summed E-state index contributed by atoms with van der Waals surface area (Å²) in [4.78, 5) is 36.5. The highest BCUT2D eigenvalue weighted by Gasteiger charge is 2.35. The van der Waals surface area contributed by atoms with E-state index in [1.54, 1.807) is 17.0 Å². The zero-order valence-electron chi connectivity index (χ0n) is 16.6. The molecule has 0 aliphatic heterocycles. The van der Waals surface area contributed by atoms with Crippen molar-refractivity contribution in [1.29, 1.82) is 0 Å². The van der Waals surface area contributed by atoms with Crippen LogP contribution in [0.2, 0.25) is 0 Å². The topological polar surface area (TPSA) is 100 Å². The van der Waals surface area contributed by atoms with Crippen LogP contribution in [0.15, 0.2) is 48.8 Å². The van der Waals surface area contributed by atoms with Crippen LogP contribution in [0.4, 0.5) is 0 Å². The van der Waals surface area contributed by atoms with Crippen LogP contribution >= 0.6 is 0 Å². The van der Waals surface area contributed by atoms with Crippen LogP contribution in [-0.4, -0.2) is 40.5 Å². The lowest BCUT2D eigenvalue weighted by Gasteiger charge is -2.31. The van der Waals surface area contributed by atoms with E-state index in [0.29, 0.717) is 0 Å². The van der Waals surface area contributed by atoms with Crippen LogP contribution in [0.3, 0.4) is 0 Å². The highest BCUT2D eigenvalue weighted by Crippen LogP contribution is 2.24. The number of hydrogen-bond donors (Lipinski definition) is 3. The lowest BCUT2D eigenvalue weighted by molar-refractivity contribution is -0.141. The molecule has 1 heterocycles. The van der Waals surface area contributed by atoms with Gasteiger partial charge in [0.15, 0.2) is 0 Å². The number of amides is 2. The minimum Gasteiger partial charge on any atom is -0.481 e. The largest absolute Gasteiger partial charge is 0.481 e. The van der Waals surface area contributed by atoms with Crippen LogP contribution in [-0.2, 0) is 14.4 Å². The van der Waals surface area contributed by atoms with Gasteiger partial charge in [0, 0.05) is 19.4 Å². The molecule has 2 aromatic rings. The maximum Gasteiger partial charge on any atom is 0.306 e. The van der Waals surface area contributed by atoms with Gasteiger partial charge in [-0.05, 0) is 22.6 Å². The number of aliphatic carboxylic acids is 1. The molecule has 28 heavy (non-hydrogen) atoms. The van der Waals surface area contributed by atoms with E-state index in [1.165, 1.54) is 7.05 Å². The van der Waals surface area contributed by atoms with Crippen LogP contribution < -0.4 is 10.6 Å². The molecule has 0 aliphatic rings. The van der Waals surface area contributed by atoms with Crippen molar-refractivity contribution in [2.45, 2.75) is 39.3 Å². The minimum atomic E-state index is -1.10. The van der Waals surface area contributed by atoms with E-state index < -0.39 is 29.4 Å². The Hall–Kier alpha value is -3.09. The van der Waals surface area contributed by atoms with Gasteiger partial charge in [-0.3, -0.25) is 14.4 Å². The van der Waals surface area contributed by atoms with Crippen LogP contribution in [0.1, 0.15) is 33.2 Å². The van der Waals surface area contributed by atoms with Crippen molar-refractivity contribution in [3.05, 3.63) is 48.8 Å². The number of nitrogens with one attached hydrogen (secondary N) is 2. The molecule has 1 unspecified atom stereocenters. The minimum absolute atomic E-state index is 0.326. The molecular formula is C21H27N3O4. The fourth-order valence-electron chi connectivity index (χ4n) is 2.97. The zero-order valence-corrected chi connectivity index (χ0v) is 16.6.